The van der Waals surface area contributed by atoms with E-state index in [0.29, 0.717) is 29.8 Å². The largest absolute Gasteiger partial charge is 0.493 e. The third-order valence-corrected chi connectivity index (χ3v) is 3.02. The summed E-state index contributed by atoms with van der Waals surface area (Å²) < 4.78 is 16.1. The van der Waals surface area contributed by atoms with Crippen LogP contribution in [0.4, 0.5) is 0 Å². The molecule has 1 saturated carbocycles. The first-order valence-corrected chi connectivity index (χ1v) is 6.49. The lowest BCUT2D eigenvalue weighted by atomic mass is 10.3. The molecule has 0 aromatic heterocycles. The molecule has 19 heavy (non-hydrogen) atoms. The number of methoxy groups -OCH3 is 2. The Morgan fingerprint density at radius 2 is 1.89 bits per heavy atom. The maximum Gasteiger partial charge on any atom is 0.203 e. The summed E-state index contributed by atoms with van der Waals surface area (Å²) in [6.07, 6.45) is 1.86. The molecule has 0 aliphatic heterocycles. The first-order chi connectivity index (χ1) is 9.24. The molecule has 106 valence electrons. The molecule has 1 aromatic rings. The van der Waals surface area contributed by atoms with E-state index >= 15 is 0 Å². The zero-order valence-electron chi connectivity index (χ0n) is 11.4. The first kappa shape index (κ1) is 14.0. The highest BCUT2D eigenvalue weighted by Crippen LogP contribution is 2.36. The fourth-order valence-corrected chi connectivity index (χ4v) is 1.79. The average Bonchev–Trinajstić information content (AvgIpc) is 3.26. The second-order valence-corrected chi connectivity index (χ2v) is 4.64. The maximum atomic E-state index is 9.85. The van der Waals surface area contributed by atoms with Gasteiger partial charge in [-0.1, -0.05) is 6.07 Å². The lowest BCUT2D eigenvalue weighted by Gasteiger charge is -2.17. The highest BCUT2D eigenvalue weighted by atomic mass is 16.5. The summed E-state index contributed by atoms with van der Waals surface area (Å²) in [5, 5.41) is 13.1. The molecular weight excluding hydrogens is 246 g/mol. The minimum atomic E-state index is -0.546. The van der Waals surface area contributed by atoms with E-state index in [1.54, 1.807) is 26.4 Å². The first-order valence-electron chi connectivity index (χ1n) is 6.49. The topological polar surface area (TPSA) is 60.0 Å². The molecule has 1 atom stereocenters. The minimum absolute atomic E-state index is 0.205. The number of aliphatic hydroxyl groups excluding tert-OH is 1. The maximum absolute atomic E-state index is 9.85. The van der Waals surface area contributed by atoms with Crippen LogP contribution in [0.1, 0.15) is 12.8 Å². The number of hydrogen-bond acceptors (Lipinski definition) is 5. The molecule has 0 radical (unpaired) electrons. The fraction of sp³-hybridized carbons (Fsp3) is 0.571. The van der Waals surface area contributed by atoms with Crippen molar-refractivity contribution < 1.29 is 19.3 Å². The molecule has 1 aromatic carbocycles. The zero-order chi connectivity index (χ0) is 13.7. The van der Waals surface area contributed by atoms with Gasteiger partial charge in [0.05, 0.1) is 14.2 Å². The summed E-state index contributed by atoms with van der Waals surface area (Å²) >= 11 is 0. The SMILES string of the molecule is COc1cccc(OC)c1OCC(O)CNC1CC1. The lowest BCUT2D eigenvalue weighted by molar-refractivity contribution is 0.102. The van der Waals surface area contributed by atoms with E-state index in [9.17, 15) is 5.11 Å². The number of para-hydroxylation sites is 1. The molecule has 5 heteroatoms. The number of nitrogens with one attached hydrogen (secondary N) is 1. The Balaban J connectivity index is 1.89. The predicted octanol–water partition coefficient (Wildman–Crippen LogP) is 1.20. The Hall–Kier alpha value is -1.46. The van der Waals surface area contributed by atoms with E-state index in [1.807, 2.05) is 6.07 Å². The van der Waals surface area contributed by atoms with Crippen LogP contribution in [0.15, 0.2) is 18.2 Å². The van der Waals surface area contributed by atoms with Crippen LogP contribution in [0.3, 0.4) is 0 Å². The van der Waals surface area contributed by atoms with Gasteiger partial charge in [0.15, 0.2) is 11.5 Å². The molecule has 1 fully saturated rings. The van der Waals surface area contributed by atoms with Crippen molar-refractivity contribution in [2.45, 2.75) is 25.0 Å². The highest BCUT2D eigenvalue weighted by molar-refractivity contribution is 5.51. The molecule has 0 amide bonds. The van der Waals surface area contributed by atoms with Crippen LogP contribution in [0.2, 0.25) is 0 Å². The van der Waals surface area contributed by atoms with Gasteiger partial charge in [-0.15, -0.1) is 0 Å². The third-order valence-electron chi connectivity index (χ3n) is 3.02. The zero-order valence-corrected chi connectivity index (χ0v) is 11.4. The number of ether oxygens (including phenoxy) is 3. The van der Waals surface area contributed by atoms with Gasteiger partial charge in [-0.25, -0.2) is 0 Å². The Morgan fingerprint density at radius 3 is 2.42 bits per heavy atom. The number of rotatable bonds is 8. The Labute approximate surface area is 113 Å². The van der Waals surface area contributed by atoms with Crippen LogP contribution in [-0.2, 0) is 0 Å². The van der Waals surface area contributed by atoms with E-state index in [2.05, 4.69) is 5.32 Å². The highest BCUT2D eigenvalue weighted by Gasteiger charge is 2.21. The van der Waals surface area contributed by atoms with Gasteiger partial charge in [0, 0.05) is 12.6 Å². The number of hydrogen-bond donors (Lipinski definition) is 2. The molecule has 5 nitrogen and oxygen atoms in total. The molecule has 2 N–H and O–H groups in total. The summed E-state index contributed by atoms with van der Waals surface area (Å²) in [5.41, 5.74) is 0. The molecule has 1 unspecified atom stereocenters. The van der Waals surface area contributed by atoms with Crippen molar-refractivity contribution in [3.63, 3.8) is 0 Å². The Morgan fingerprint density at radius 1 is 1.26 bits per heavy atom. The molecule has 1 aliphatic rings. The summed E-state index contributed by atoms with van der Waals surface area (Å²) in [6.45, 7) is 0.749. The molecule has 0 heterocycles. The van der Waals surface area contributed by atoms with Gasteiger partial charge in [0.25, 0.3) is 0 Å². The second-order valence-electron chi connectivity index (χ2n) is 4.64. The molecule has 1 aliphatic carbocycles. The van der Waals surface area contributed by atoms with E-state index in [1.165, 1.54) is 12.8 Å². The Bertz CT molecular complexity index is 384. The lowest BCUT2D eigenvalue weighted by Crippen LogP contribution is -2.32. The van der Waals surface area contributed by atoms with Gasteiger partial charge < -0.3 is 24.6 Å². The monoisotopic (exact) mass is 267 g/mol. The van der Waals surface area contributed by atoms with Gasteiger partial charge in [0.1, 0.15) is 12.7 Å². The normalized spacial score (nSPS) is 15.9. The van der Waals surface area contributed by atoms with E-state index in [4.69, 9.17) is 14.2 Å². The summed E-state index contributed by atoms with van der Waals surface area (Å²) in [6, 6.07) is 6.00. The van der Waals surface area contributed by atoms with Crippen LogP contribution in [0, 0.1) is 0 Å². The molecular formula is C14H21NO4. The summed E-state index contributed by atoms with van der Waals surface area (Å²) in [4.78, 5) is 0. The smallest absolute Gasteiger partial charge is 0.203 e. The summed E-state index contributed by atoms with van der Waals surface area (Å²) in [7, 11) is 3.15. The van der Waals surface area contributed by atoms with Crippen molar-refractivity contribution in [2.75, 3.05) is 27.4 Å². The van der Waals surface area contributed by atoms with Crippen LogP contribution in [0.25, 0.3) is 0 Å². The van der Waals surface area contributed by atoms with E-state index in [0.717, 1.165) is 0 Å². The average molecular weight is 267 g/mol. The van der Waals surface area contributed by atoms with Gasteiger partial charge in [-0.05, 0) is 25.0 Å². The van der Waals surface area contributed by atoms with Crippen LogP contribution < -0.4 is 19.5 Å². The van der Waals surface area contributed by atoms with Crippen LogP contribution >= 0.6 is 0 Å². The van der Waals surface area contributed by atoms with Crippen molar-refractivity contribution in [3.05, 3.63) is 18.2 Å². The van der Waals surface area contributed by atoms with Crippen molar-refractivity contribution in [3.8, 4) is 17.2 Å². The molecule has 2 rings (SSSR count). The van der Waals surface area contributed by atoms with E-state index in [-0.39, 0.29) is 6.61 Å². The number of aliphatic hydroxyl groups is 1. The Kier molecular flexibility index (Phi) is 4.87. The quantitative estimate of drug-likeness (QED) is 0.741. The molecule has 0 saturated heterocycles. The van der Waals surface area contributed by atoms with Crippen molar-refractivity contribution in [2.24, 2.45) is 0 Å². The van der Waals surface area contributed by atoms with Crippen molar-refractivity contribution in [1.29, 1.82) is 0 Å². The number of benzene rings is 1. The molecule has 0 spiro atoms. The standard InChI is InChI=1S/C14H21NO4/c1-17-12-4-3-5-13(18-2)14(12)19-9-11(16)8-15-10-6-7-10/h3-5,10-11,15-16H,6-9H2,1-2H3. The van der Waals surface area contributed by atoms with E-state index < -0.39 is 6.10 Å². The van der Waals surface area contributed by atoms with Gasteiger partial charge in [0.2, 0.25) is 5.75 Å². The second kappa shape index (κ2) is 6.63. The fourth-order valence-electron chi connectivity index (χ4n) is 1.79. The summed E-state index contributed by atoms with van der Waals surface area (Å²) in [5.74, 6) is 1.72. The van der Waals surface area contributed by atoms with Crippen LogP contribution in [0.5, 0.6) is 17.2 Å². The van der Waals surface area contributed by atoms with Crippen molar-refractivity contribution in [1.82, 2.24) is 5.32 Å². The van der Waals surface area contributed by atoms with Gasteiger partial charge in [-0.2, -0.15) is 0 Å². The third kappa shape index (κ3) is 4.01. The predicted molar refractivity (Wildman–Crippen MR) is 72.1 cm³/mol. The van der Waals surface area contributed by atoms with Gasteiger partial charge >= 0.3 is 0 Å². The van der Waals surface area contributed by atoms with Crippen molar-refractivity contribution >= 4 is 0 Å². The minimum Gasteiger partial charge on any atom is -0.493 e. The van der Waals surface area contributed by atoms with Crippen LogP contribution in [-0.4, -0.2) is 44.6 Å². The van der Waals surface area contributed by atoms with Gasteiger partial charge in [-0.3, -0.25) is 0 Å². The molecule has 0 bridgehead atoms.